The van der Waals surface area contributed by atoms with Crippen molar-refractivity contribution in [1.82, 2.24) is 9.78 Å². The van der Waals surface area contributed by atoms with Crippen molar-refractivity contribution in [2.75, 3.05) is 5.32 Å². The summed E-state index contributed by atoms with van der Waals surface area (Å²) in [7, 11) is 0. The number of hydrogen-bond donors (Lipinski definition) is 1. The molecule has 1 heterocycles. The van der Waals surface area contributed by atoms with Gasteiger partial charge < -0.3 is 5.32 Å². The third kappa shape index (κ3) is 4.03. The van der Waals surface area contributed by atoms with E-state index in [0.29, 0.717) is 12.1 Å². The number of carbonyl (C=O) groups is 1. The molecule has 1 aromatic carbocycles. The molecule has 2 rings (SSSR count). The maximum absolute atomic E-state index is 13.4. The number of nitrogens with one attached hydrogen (secondary N) is 1. The molecule has 0 fully saturated rings. The second kappa shape index (κ2) is 7.17. The van der Waals surface area contributed by atoms with Gasteiger partial charge in [0.25, 0.3) is 6.43 Å². The van der Waals surface area contributed by atoms with Gasteiger partial charge in [0.15, 0.2) is 0 Å². The van der Waals surface area contributed by atoms with Crippen LogP contribution in [0.15, 0.2) is 48.7 Å². The summed E-state index contributed by atoms with van der Waals surface area (Å²) in [5.74, 6) is -0.680. The van der Waals surface area contributed by atoms with Crippen LogP contribution in [-0.2, 0) is 4.79 Å². The fourth-order valence-electron chi connectivity index (χ4n) is 2.31. The van der Waals surface area contributed by atoms with Crippen molar-refractivity contribution in [2.45, 2.75) is 26.7 Å². The van der Waals surface area contributed by atoms with Gasteiger partial charge in [0.2, 0.25) is 5.91 Å². The highest BCUT2D eigenvalue weighted by atomic mass is 19.3. The Bertz CT molecular complexity index is 695. The van der Waals surface area contributed by atoms with Gasteiger partial charge in [-0.15, -0.1) is 6.58 Å². The van der Waals surface area contributed by atoms with Crippen LogP contribution in [0.3, 0.4) is 0 Å². The molecule has 0 aliphatic rings. The van der Waals surface area contributed by atoms with Crippen molar-refractivity contribution in [3.05, 3.63) is 54.4 Å². The molecule has 0 aliphatic heterocycles. The topological polar surface area (TPSA) is 46.9 Å². The first-order chi connectivity index (χ1) is 10.9. The van der Waals surface area contributed by atoms with Gasteiger partial charge in [0.1, 0.15) is 5.69 Å². The molecule has 4 nitrogen and oxygen atoms in total. The van der Waals surface area contributed by atoms with E-state index in [1.807, 2.05) is 6.92 Å². The lowest BCUT2D eigenvalue weighted by molar-refractivity contribution is -0.119. The lowest BCUT2D eigenvalue weighted by atomic mass is 10.0. The minimum absolute atomic E-state index is 0.0300. The molecule has 0 spiro atoms. The van der Waals surface area contributed by atoms with Gasteiger partial charge >= 0.3 is 0 Å². The number of aromatic nitrogens is 2. The molecule has 0 aliphatic carbocycles. The maximum atomic E-state index is 13.4. The standard InChI is InChI=1S/C17H19F2N3O/c1-11(2)9-12(3)17(23)21-14-10-20-22(15(14)16(18)19)13-7-5-4-6-8-13/h4-8,10,12,16H,1,9H2,2-3H3,(H,21,23). The van der Waals surface area contributed by atoms with Crippen LogP contribution in [0.25, 0.3) is 5.69 Å². The third-order valence-corrected chi connectivity index (χ3v) is 3.37. The van der Waals surface area contributed by atoms with Crippen molar-refractivity contribution in [3.8, 4) is 5.69 Å². The molecule has 122 valence electrons. The summed E-state index contributed by atoms with van der Waals surface area (Å²) >= 11 is 0. The number of hydrogen-bond acceptors (Lipinski definition) is 2. The van der Waals surface area contributed by atoms with Crippen molar-refractivity contribution in [2.24, 2.45) is 5.92 Å². The number of carbonyl (C=O) groups excluding carboxylic acids is 1. The van der Waals surface area contributed by atoms with E-state index in [0.717, 1.165) is 10.3 Å². The summed E-state index contributed by atoms with van der Waals surface area (Å²) in [6.45, 7) is 7.31. The first kappa shape index (κ1) is 16.9. The zero-order chi connectivity index (χ0) is 17.0. The van der Waals surface area contributed by atoms with Gasteiger partial charge in [-0.1, -0.05) is 30.7 Å². The Labute approximate surface area is 133 Å². The predicted octanol–water partition coefficient (Wildman–Crippen LogP) is 4.35. The monoisotopic (exact) mass is 319 g/mol. The Hall–Kier alpha value is -2.50. The lowest BCUT2D eigenvalue weighted by Gasteiger charge is -2.13. The summed E-state index contributed by atoms with van der Waals surface area (Å²) in [5.41, 5.74) is 1.08. The molecule has 2 aromatic rings. The zero-order valence-corrected chi connectivity index (χ0v) is 13.1. The number of nitrogens with zero attached hydrogens (tertiary/aromatic N) is 2. The van der Waals surface area contributed by atoms with E-state index in [4.69, 9.17) is 0 Å². The number of rotatable bonds is 6. The smallest absolute Gasteiger partial charge is 0.282 e. The van der Waals surface area contributed by atoms with Crippen LogP contribution >= 0.6 is 0 Å². The molecule has 0 saturated heterocycles. The number of anilines is 1. The van der Waals surface area contributed by atoms with Crippen molar-refractivity contribution in [1.29, 1.82) is 0 Å². The zero-order valence-electron chi connectivity index (χ0n) is 13.1. The molecular weight excluding hydrogens is 300 g/mol. The molecule has 1 aromatic heterocycles. The summed E-state index contributed by atoms with van der Waals surface area (Å²) in [5, 5.41) is 6.53. The van der Waals surface area contributed by atoms with Gasteiger partial charge in [-0.25, -0.2) is 13.5 Å². The van der Waals surface area contributed by atoms with Gasteiger partial charge in [-0.3, -0.25) is 4.79 Å². The van der Waals surface area contributed by atoms with Gasteiger partial charge in [0.05, 0.1) is 17.6 Å². The highest BCUT2D eigenvalue weighted by Gasteiger charge is 2.23. The number of halogens is 2. The van der Waals surface area contributed by atoms with Gasteiger partial charge in [0, 0.05) is 5.92 Å². The molecule has 1 N–H and O–H groups in total. The maximum Gasteiger partial charge on any atom is 0.282 e. The SMILES string of the molecule is C=C(C)CC(C)C(=O)Nc1cnn(-c2ccccc2)c1C(F)F. The number of allylic oxidation sites excluding steroid dienone is 1. The van der Waals surface area contributed by atoms with Crippen LogP contribution in [0.4, 0.5) is 14.5 Å². The Morgan fingerprint density at radius 2 is 2.00 bits per heavy atom. The fourth-order valence-corrected chi connectivity index (χ4v) is 2.31. The molecule has 1 amide bonds. The van der Waals surface area contributed by atoms with Crippen LogP contribution < -0.4 is 5.32 Å². The number of para-hydroxylation sites is 1. The van der Waals surface area contributed by atoms with Gasteiger partial charge in [-0.05, 0) is 25.5 Å². The predicted molar refractivity (Wildman–Crippen MR) is 85.7 cm³/mol. The van der Waals surface area contributed by atoms with Crippen LogP contribution in [0.2, 0.25) is 0 Å². The Balaban J connectivity index is 2.28. The average molecular weight is 319 g/mol. The molecule has 6 heteroatoms. The summed E-state index contributed by atoms with van der Waals surface area (Å²) in [6, 6.07) is 8.61. The molecular formula is C17H19F2N3O. The highest BCUT2D eigenvalue weighted by molar-refractivity contribution is 5.93. The number of amides is 1. The molecule has 0 saturated carbocycles. The van der Waals surface area contributed by atoms with Crippen molar-refractivity contribution in [3.63, 3.8) is 0 Å². The Kier molecular flexibility index (Phi) is 5.26. The van der Waals surface area contributed by atoms with Crippen LogP contribution in [0, 0.1) is 5.92 Å². The normalized spacial score (nSPS) is 12.2. The first-order valence-corrected chi connectivity index (χ1v) is 7.27. The van der Waals surface area contributed by atoms with Crippen LogP contribution in [-0.4, -0.2) is 15.7 Å². The van der Waals surface area contributed by atoms with E-state index in [9.17, 15) is 13.6 Å². The van der Waals surface area contributed by atoms with E-state index in [2.05, 4.69) is 17.0 Å². The molecule has 23 heavy (non-hydrogen) atoms. The van der Waals surface area contributed by atoms with E-state index in [1.165, 1.54) is 6.20 Å². The Morgan fingerprint density at radius 1 is 1.35 bits per heavy atom. The van der Waals surface area contributed by atoms with E-state index in [-0.39, 0.29) is 23.2 Å². The first-order valence-electron chi connectivity index (χ1n) is 7.27. The quantitative estimate of drug-likeness (QED) is 0.805. The minimum Gasteiger partial charge on any atom is -0.323 e. The summed E-state index contributed by atoms with van der Waals surface area (Å²) in [4.78, 5) is 12.1. The van der Waals surface area contributed by atoms with Crippen LogP contribution in [0.5, 0.6) is 0 Å². The van der Waals surface area contributed by atoms with E-state index >= 15 is 0 Å². The second-order valence-electron chi connectivity index (χ2n) is 5.54. The fraction of sp³-hybridized carbons (Fsp3) is 0.294. The summed E-state index contributed by atoms with van der Waals surface area (Å²) in [6.07, 6.45) is -1.01. The second-order valence-corrected chi connectivity index (χ2v) is 5.54. The lowest BCUT2D eigenvalue weighted by Crippen LogP contribution is -2.21. The highest BCUT2D eigenvalue weighted by Crippen LogP contribution is 2.29. The van der Waals surface area contributed by atoms with Gasteiger partial charge in [-0.2, -0.15) is 5.10 Å². The average Bonchev–Trinajstić information content (AvgIpc) is 2.91. The molecule has 0 bridgehead atoms. The third-order valence-electron chi connectivity index (χ3n) is 3.37. The Morgan fingerprint density at radius 3 is 2.57 bits per heavy atom. The minimum atomic E-state index is -2.76. The summed E-state index contributed by atoms with van der Waals surface area (Å²) < 4.78 is 28.0. The number of benzene rings is 1. The largest absolute Gasteiger partial charge is 0.323 e. The van der Waals surface area contributed by atoms with E-state index in [1.54, 1.807) is 37.3 Å². The molecule has 0 radical (unpaired) electrons. The van der Waals surface area contributed by atoms with Crippen molar-refractivity contribution < 1.29 is 13.6 Å². The number of alkyl halides is 2. The van der Waals surface area contributed by atoms with Crippen LogP contribution in [0.1, 0.15) is 32.4 Å². The molecule has 1 unspecified atom stereocenters. The molecule has 1 atom stereocenters. The van der Waals surface area contributed by atoms with E-state index < -0.39 is 6.43 Å². The van der Waals surface area contributed by atoms with Crippen molar-refractivity contribution >= 4 is 11.6 Å².